The fourth-order valence-corrected chi connectivity index (χ4v) is 2.72. The van der Waals surface area contributed by atoms with Crippen molar-refractivity contribution in [1.82, 2.24) is 9.78 Å². The first kappa shape index (κ1) is 15.5. The van der Waals surface area contributed by atoms with E-state index in [2.05, 4.69) is 5.10 Å². The van der Waals surface area contributed by atoms with Crippen molar-refractivity contribution < 1.29 is 14.3 Å². The van der Waals surface area contributed by atoms with E-state index in [0.717, 1.165) is 28.7 Å². The second-order valence-corrected chi connectivity index (χ2v) is 6.81. The van der Waals surface area contributed by atoms with Crippen LogP contribution < -0.4 is 0 Å². The lowest BCUT2D eigenvalue weighted by Crippen LogP contribution is -2.26. The Bertz CT molecular complexity index is 769. The molecular weight excluding hydrogens is 292 g/mol. The molecule has 5 nitrogen and oxygen atoms in total. The van der Waals surface area contributed by atoms with Gasteiger partial charge in [-0.3, -0.25) is 14.3 Å². The Morgan fingerprint density at radius 3 is 2.78 bits per heavy atom. The van der Waals surface area contributed by atoms with E-state index in [1.807, 2.05) is 39.0 Å². The quantitative estimate of drug-likeness (QED) is 0.817. The minimum absolute atomic E-state index is 0.0706. The molecule has 1 aromatic carbocycles. The zero-order chi connectivity index (χ0) is 16.6. The smallest absolute Gasteiger partial charge is 0.328 e. The van der Waals surface area contributed by atoms with Crippen LogP contribution in [0.15, 0.2) is 30.6 Å². The Balaban J connectivity index is 1.76. The van der Waals surface area contributed by atoms with Crippen LogP contribution in [-0.2, 0) is 22.5 Å². The van der Waals surface area contributed by atoms with Crippen molar-refractivity contribution in [2.24, 2.45) is 0 Å². The van der Waals surface area contributed by atoms with Gasteiger partial charge >= 0.3 is 5.97 Å². The second kappa shape index (κ2) is 5.65. The number of ether oxygens (including phenoxy) is 1. The van der Waals surface area contributed by atoms with E-state index < -0.39 is 5.60 Å². The van der Waals surface area contributed by atoms with Crippen molar-refractivity contribution in [3.8, 4) is 11.1 Å². The molecule has 0 unspecified atom stereocenters. The molecule has 0 radical (unpaired) electrons. The van der Waals surface area contributed by atoms with E-state index in [1.165, 1.54) is 0 Å². The molecule has 0 aliphatic heterocycles. The molecule has 3 rings (SSSR count). The molecule has 120 valence electrons. The summed E-state index contributed by atoms with van der Waals surface area (Å²) >= 11 is 0. The topological polar surface area (TPSA) is 61.2 Å². The third-order valence-electron chi connectivity index (χ3n) is 3.71. The monoisotopic (exact) mass is 312 g/mol. The van der Waals surface area contributed by atoms with Crippen LogP contribution in [0.3, 0.4) is 0 Å². The van der Waals surface area contributed by atoms with Crippen LogP contribution >= 0.6 is 0 Å². The maximum atomic E-state index is 11.9. The number of Topliss-reactive ketones (excluding diaryl/α,β-unsaturated/α-hetero) is 1. The van der Waals surface area contributed by atoms with Crippen LogP contribution in [0, 0.1) is 0 Å². The van der Waals surface area contributed by atoms with Gasteiger partial charge in [0.25, 0.3) is 0 Å². The number of carbonyl (C=O) groups excluding carboxylic acids is 2. The summed E-state index contributed by atoms with van der Waals surface area (Å²) in [6.45, 7) is 5.57. The van der Waals surface area contributed by atoms with Crippen LogP contribution in [0.25, 0.3) is 11.1 Å². The summed E-state index contributed by atoms with van der Waals surface area (Å²) in [5, 5.41) is 4.21. The average Bonchev–Trinajstić information content (AvgIpc) is 3.04. The minimum atomic E-state index is -0.507. The SMILES string of the molecule is CC(C)(C)OC(=O)Cn1cc(-c2ccc3c(c2)C(=O)CC3)cn1. The lowest BCUT2D eigenvalue weighted by molar-refractivity contribution is -0.155. The number of hydrogen-bond donors (Lipinski definition) is 0. The fourth-order valence-electron chi connectivity index (χ4n) is 2.72. The largest absolute Gasteiger partial charge is 0.459 e. The van der Waals surface area contributed by atoms with Gasteiger partial charge in [0.2, 0.25) is 0 Å². The van der Waals surface area contributed by atoms with Crippen molar-refractivity contribution in [3.63, 3.8) is 0 Å². The number of esters is 1. The van der Waals surface area contributed by atoms with Gasteiger partial charge < -0.3 is 4.74 Å². The van der Waals surface area contributed by atoms with Crippen molar-refractivity contribution in [1.29, 1.82) is 0 Å². The van der Waals surface area contributed by atoms with Gasteiger partial charge in [0.1, 0.15) is 12.1 Å². The summed E-state index contributed by atoms with van der Waals surface area (Å²) in [7, 11) is 0. The number of benzene rings is 1. The number of ketones is 1. The summed E-state index contributed by atoms with van der Waals surface area (Å²) in [5.41, 5.74) is 3.24. The second-order valence-electron chi connectivity index (χ2n) is 6.81. The normalized spacial score (nSPS) is 14.0. The van der Waals surface area contributed by atoms with E-state index in [0.29, 0.717) is 6.42 Å². The predicted molar refractivity (Wildman–Crippen MR) is 86.2 cm³/mol. The first-order valence-electron chi connectivity index (χ1n) is 7.73. The molecule has 0 saturated heterocycles. The van der Waals surface area contributed by atoms with Crippen LogP contribution in [0.4, 0.5) is 0 Å². The van der Waals surface area contributed by atoms with E-state index >= 15 is 0 Å². The molecule has 0 N–H and O–H groups in total. The minimum Gasteiger partial charge on any atom is -0.459 e. The van der Waals surface area contributed by atoms with Crippen molar-refractivity contribution >= 4 is 11.8 Å². The highest BCUT2D eigenvalue weighted by Gasteiger charge is 2.20. The molecule has 0 amide bonds. The van der Waals surface area contributed by atoms with Crippen LogP contribution in [-0.4, -0.2) is 27.1 Å². The Labute approximate surface area is 135 Å². The van der Waals surface area contributed by atoms with Gasteiger partial charge in [0, 0.05) is 23.7 Å². The molecule has 5 heteroatoms. The number of nitrogens with zero attached hydrogens (tertiary/aromatic N) is 2. The van der Waals surface area contributed by atoms with E-state index in [1.54, 1.807) is 17.1 Å². The van der Waals surface area contributed by atoms with Crippen LogP contribution in [0.2, 0.25) is 0 Å². The lowest BCUT2D eigenvalue weighted by atomic mass is 10.0. The third kappa shape index (κ3) is 3.50. The number of rotatable bonds is 3. The molecule has 0 atom stereocenters. The van der Waals surface area contributed by atoms with E-state index in [4.69, 9.17) is 4.74 Å². The molecule has 2 aromatic rings. The van der Waals surface area contributed by atoms with Crippen molar-refractivity contribution in [2.45, 2.75) is 45.8 Å². The molecule has 0 spiro atoms. The van der Waals surface area contributed by atoms with Gasteiger partial charge in [-0.05, 0) is 44.4 Å². The zero-order valence-electron chi connectivity index (χ0n) is 13.6. The van der Waals surface area contributed by atoms with Gasteiger partial charge in [-0.15, -0.1) is 0 Å². The summed E-state index contributed by atoms with van der Waals surface area (Å²) in [6, 6.07) is 5.91. The number of aryl methyl sites for hydroxylation is 1. The van der Waals surface area contributed by atoms with Gasteiger partial charge in [0.15, 0.2) is 5.78 Å². The highest BCUT2D eigenvalue weighted by atomic mass is 16.6. The van der Waals surface area contributed by atoms with Gasteiger partial charge in [0.05, 0.1) is 6.20 Å². The Morgan fingerprint density at radius 2 is 2.04 bits per heavy atom. The molecule has 0 fully saturated rings. The number of carbonyl (C=O) groups is 2. The van der Waals surface area contributed by atoms with E-state index in [9.17, 15) is 9.59 Å². The first-order chi connectivity index (χ1) is 10.8. The molecule has 1 aliphatic rings. The molecule has 0 bridgehead atoms. The summed E-state index contributed by atoms with van der Waals surface area (Å²) in [5.74, 6) is -0.126. The average molecular weight is 312 g/mol. The Kier molecular flexibility index (Phi) is 3.80. The number of aromatic nitrogens is 2. The maximum Gasteiger partial charge on any atom is 0.328 e. The number of hydrogen-bond acceptors (Lipinski definition) is 4. The number of fused-ring (bicyclic) bond motifs is 1. The predicted octanol–water partition coefficient (Wildman–Crippen LogP) is 3.02. The molecule has 1 heterocycles. The Morgan fingerprint density at radius 1 is 1.26 bits per heavy atom. The van der Waals surface area contributed by atoms with E-state index in [-0.39, 0.29) is 18.3 Å². The van der Waals surface area contributed by atoms with Gasteiger partial charge in [-0.25, -0.2) is 0 Å². The molecule has 0 saturated carbocycles. The zero-order valence-corrected chi connectivity index (χ0v) is 13.6. The Hall–Kier alpha value is -2.43. The third-order valence-corrected chi connectivity index (χ3v) is 3.71. The van der Waals surface area contributed by atoms with Crippen molar-refractivity contribution in [2.75, 3.05) is 0 Å². The maximum absolute atomic E-state index is 11.9. The fraction of sp³-hybridized carbons (Fsp3) is 0.389. The van der Waals surface area contributed by atoms with Crippen LogP contribution in [0.1, 0.15) is 43.1 Å². The highest BCUT2D eigenvalue weighted by Crippen LogP contribution is 2.27. The van der Waals surface area contributed by atoms with Gasteiger partial charge in [-0.1, -0.05) is 12.1 Å². The molecule has 1 aliphatic carbocycles. The van der Waals surface area contributed by atoms with Gasteiger partial charge in [-0.2, -0.15) is 5.10 Å². The van der Waals surface area contributed by atoms with Crippen molar-refractivity contribution in [3.05, 3.63) is 41.7 Å². The molecule has 1 aromatic heterocycles. The molecular formula is C18H20N2O3. The standard InChI is InChI=1S/C18H20N2O3/c1-18(2,3)23-17(22)11-20-10-14(9-19-20)13-5-4-12-6-7-16(21)15(12)8-13/h4-5,8-10H,6-7,11H2,1-3H3. The summed E-state index contributed by atoms with van der Waals surface area (Å²) in [6.07, 6.45) is 4.92. The van der Waals surface area contributed by atoms with Crippen LogP contribution in [0.5, 0.6) is 0 Å². The summed E-state index contributed by atoms with van der Waals surface area (Å²) in [4.78, 5) is 23.7. The molecule has 23 heavy (non-hydrogen) atoms. The highest BCUT2D eigenvalue weighted by molar-refractivity contribution is 6.01. The lowest BCUT2D eigenvalue weighted by Gasteiger charge is -2.19. The summed E-state index contributed by atoms with van der Waals surface area (Å²) < 4.78 is 6.84. The first-order valence-corrected chi connectivity index (χ1v) is 7.73.